The SMILES string of the molecule is C=C/C(=C\C(=C/C)c1cc2c(-c3nc4c(-c5cccnc5)cccc4[nH]3)n[nH]c2cn1)CN1CCCCC1. The largest absolute Gasteiger partial charge is 0.337 e. The van der Waals surface area contributed by atoms with Crippen LogP contribution in [0.15, 0.2) is 85.4 Å². The summed E-state index contributed by atoms with van der Waals surface area (Å²) in [7, 11) is 0. The highest BCUT2D eigenvalue weighted by atomic mass is 15.1. The number of rotatable bonds is 7. The molecular weight excluding hydrogens is 470 g/mol. The molecule has 1 fully saturated rings. The topological polar surface area (TPSA) is 86.4 Å². The van der Waals surface area contributed by atoms with Crippen LogP contribution >= 0.6 is 0 Å². The Kier molecular flexibility index (Phi) is 6.67. The van der Waals surface area contributed by atoms with E-state index in [9.17, 15) is 0 Å². The predicted octanol–water partition coefficient (Wildman–Crippen LogP) is 6.56. The van der Waals surface area contributed by atoms with Gasteiger partial charge < -0.3 is 4.98 Å². The minimum atomic E-state index is 0.717. The maximum absolute atomic E-state index is 4.97. The van der Waals surface area contributed by atoms with Crippen LogP contribution in [-0.2, 0) is 0 Å². The van der Waals surface area contributed by atoms with E-state index in [2.05, 4.69) is 62.9 Å². The van der Waals surface area contributed by atoms with E-state index >= 15 is 0 Å². The number of para-hydroxylation sites is 1. The summed E-state index contributed by atoms with van der Waals surface area (Å²) < 4.78 is 0. The van der Waals surface area contributed by atoms with Gasteiger partial charge in [-0.1, -0.05) is 43.4 Å². The Labute approximate surface area is 222 Å². The van der Waals surface area contributed by atoms with Crippen LogP contribution in [0.5, 0.6) is 0 Å². The number of likely N-dealkylation sites (tertiary alicyclic amines) is 1. The zero-order valence-electron chi connectivity index (χ0n) is 21.6. The number of fused-ring (bicyclic) bond motifs is 2. The van der Waals surface area contributed by atoms with Gasteiger partial charge in [0, 0.05) is 35.5 Å². The number of H-pyrrole nitrogens is 2. The lowest BCUT2D eigenvalue weighted by Gasteiger charge is -2.26. The molecule has 0 atom stereocenters. The first kappa shape index (κ1) is 24.0. The Balaban J connectivity index is 1.36. The lowest BCUT2D eigenvalue weighted by molar-refractivity contribution is 0.248. The second-order valence-corrected chi connectivity index (χ2v) is 9.72. The fourth-order valence-corrected chi connectivity index (χ4v) is 5.20. The molecule has 0 aliphatic carbocycles. The van der Waals surface area contributed by atoms with E-state index in [1.807, 2.05) is 42.7 Å². The molecule has 38 heavy (non-hydrogen) atoms. The molecule has 5 aromatic rings. The molecule has 5 heterocycles. The summed E-state index contributed by atoms with van der Waals surface area (Å²) in [6.45, 7) is 9.35. The number of allylic oxidation sites excluding steroid dienone is 3. The predicted molar refractivity (Wildman–Crippen MR) is 154 cm³/mol. The Morgan fingerprint density at radius 2 is 1.97 bits per heavy atom. The maximum atomic E-state index is 4.97. The monoisotopic (exact) mass is 501 g/mol. The molecule has 2 N–H and O–H groups in total. The fraction of sp³-hybridized carbons (Fsp3) is 0.226. The molecule has 0 unspecified atom stereocenters. The third kappa shape index (κ3) is 4.68. The summed E-state index contributed by atoms with van der Waals surface area (Å²) in [6.07, 6.45) is 15.6. The Morgan fingerprint density at radius 3 is 2.76 bits per heavy atom. The molecule has 1 saturated heterocycles. The number of piperidine rings is 1. The van der Waals surface area contributed by atoms with Gasteiger partial charge in [0.15, 0.2) is 5.82 Å². The smallest absolute Gasteiger partial charge is 0.159 e. The third-order valence-electron chi connectivity index (χ3n) is 7.22. The van der Waals surface area contributed by atoms with Gasteiger partial charge >= 0.3 is 0 Å². The molecule has 0 spiro atoms. The molecule has 0 bridgehead atoms. The first-order chi connectivity index (χ1) is 18.7. The molecule has 0 amide bonds. The van der Waals surface area contributed by atoms with Crippen LogP contribution in [0.2, 0.25) is 0 Å². The zero-order chi connectivity index (χ0) is 25.9. The number of nitrogens with one attached hydrogen (secondary N) is 2. The summed E-state index contributed by atoms with van der Waals surface area (Å²) in [5, 5.41) is 8.72. The average molecular weight is 502 g/mol. The summed E-state index contributed by atoms with van der Waals surface area (Å²) in [6, 6.07) is 12.2. The van der Waals surface area contributed by atoms with E-state index in [1.54, 1.807) is 6.20 Å². The van der Waals surface area contributed by atoms with Crippen molar-refractivity contribution < 1.29 is 0 Å². The number of hydrogen-bond donors (Lipinski definition) is 2. The van der Waals surface area contributed by atoms with Crippen LogP contribution in [0.4, 0.5) is 0 Å². The highest BCUT2D eigenvalue weighted by molar-refractivity contribution is 5.97. The van der Waals surface area contributed by atoms with Gasteiger partial charge in [0.1, 0.15) is 5.69 Å². The Morgan fingerprint density at radius 1 is 1.08 bits per heavy atom. The lowest BCUT2D eigenvalue weighted by atomic mass is 10.0. The number of benzene rings is 1. The Hall–Kier alpha value is -4.36. The molecule has 6 rings (SSSR count). The van der Waals surface area contributed by atoms with Crippen molar-refractivity contribution in [2.75, 3.05) is 19.6 Å². The molecule has 4 aromatic heterocycles. The van der Waals surface area contributed by atoms with E-state index in [1.165, 1.54) is 24.8 Å². The maximum Gasteiger partial charge on any atom is 0.159 e. The summed E-state index contributed by atoms with van der Waals surface area (Å²) in [5.41, 5.74) is 8.72. The molecule has 0 saturated carbocycles. The van der Waals surface area contributed by atoms with Gasteiger partial charge in [-0.2, -0.15) is 5.10 Å². The molecule has 1 aliphatic heterocycles. The molecular formula is C31H31N7. The fourth-order valence-electron chi connectivity index (χ4n) is 5.20. The van der Waals surface area contributed by atoms with Gasteiger partial charge in [-0.15, -0.1) is 0 Å². The lowest BCUT2D eigenvalue weighted by Crippen LogP contribution is -2.31. The number of pyridine rings is 2. The molecule has 1 aromatic carbocycles. The Bertz CT molecular complexity index is 1650. The van der Waals surface area contributed by atoms with Crippen LogP contribution in [0.3, 0.4) is 0 Å². The van der Waals surface area contributed by atoms with E-state index in [4.69, 9.17) is 9.97 Å². The van der Waals surface area contributed by atoms with Crippen LogP contribution in [0, 0.1) is 0 Å². The minimum absolute atomic E-state index is 0.717. The van der Waals surface area contributed by atoms with Gasteiger partial charge in [0.2, 0.25) is 0 Å². The number of imidazole rings is 1. The summed E-state index contributed by atoms with van der Waals surface area (Å²) >= 11 is 0. The van der Waals surface area contributed by atoms with Crippen LogP contribution in [0.1, 0.15) is 31.9 Å². The second-order valence-electron chi connectivity index (χ2n) is 9.72. The first-order valence-corrected chi connectivity index (χ1v) is 13.2. The van der Waals surface area contributed by atoms with E-state index < -0.39 is 0 Å². The van der Waals surface area contributed by atoms with Crippen molar-refractivity contribution in [2.45, 2.75) is 26.2 Å². The van der Waals surface area contributed by atoms with Crippen molar-refractivity contribution in [3.8, 4) is 22.6 Å². The van der Waals surface area contributed by atoms with Crippen LogP contribution < -0.4 is 0 Å². The molecule has 190 valence electrons. The van der Waals surface area contributed by atoms with Crippen molar-refractivity contribution in [3.05, 3.63) is 91.1 Å². The summed E-state index contributed by atoms with van der Waals surface area (Å²) in [5.74, 6) is 0.717. The van der Waals surface area contributed by atoms with Gasteiger partial charge in [-0.05, 0) is 68.3 Å². The van der Waals surface area contributed by atoms with Crippen molar-refractivity contribution in [1.29, 1.82) is 0 Å². The van der Waals surface area contributed by atoms with Gasteiger partial charge in [-0.3, -0.25) is 20.0 Å². The molecule has 1 aliphatic rings. The second kappa shape index (κ2) is 10.6. The highest BCUT2D eigenvalue weighted by Gasteiger charge is 2.17. The van der Waals surface area contributed by atoms with Crippen LogP contribution in [-0.4, -0.2) is 54.7 Å². The number of aromatic amines is 2. The van der Waals surface area contributed by atoms with Crippen LogP contribution in [0.25, 0.3) is 50.2 Å². The molecule has 7 heteroatoms. The van der Waals surface area contributed by atoms with Gasteiger partial charge in [0.25, 0.3) is 0 Å². The van der Waals surface area contributed by atoms with Crippen molar-refractivity contribution in [1.82, 2.24) is 35.0 Å². The standard InChI is InChI=1S/C31H31N7/c1-3-21(20-38-14-6-5-7-15-38)16-22(4-2)27-17-25-28(19-33-27)36-37-30(25)31-34-26-12-8-11-24(29(26)35-31)23-10-9-13-32-18-23/h3-4,8-13,16-19H,1,5-7,14-15,20H2,2H3,(H,34,35)(H,36,37)/b21-16+,22-4+. The van der Waals surface area contributed by atoms with Crippen molar-refractivity contribution >= 4 is 27.5 Å². The third-order valence-corrected chi connectivity index (χ3v) is 7.22. The zero-order valence-corrected chi connectivity index (χ0v) is 21.6. The number of nitrogens with zero attached hydrogens (tertiary/aromatic N) is 5. The molecule has 7 nitrogen and oxygen atoms in total. The van der Waals surface area contributed by atoms with E-state index in [-0.39, 0.29) is 0 Å². The van der Waals surface area contributed by atoms with Gasteiger partial charge in [-0.25, -0.2) is 4.98 Å². The first-order valence-electron chi connectivity index (χ1n) is 13.2. The van der Waals surface area contributed by atoms with E-state index in [0.717, 1.165) is 69.7 Å². The van der Waals surface area contributed by atoms with Crippen molar-refractivity contribution in [3.63, 3.8) is 0 Å². The minimum Gasteiger partial charge on any atom is -0.337 e. The summed E-state index contributed by atoms with van der Waals surface area (Å²) in [4.78, 5) is 20.0. The normalized spacial score (nSPS) is 15.4. The average Bonchev–Trinajstić information content (AvgIpc) is 3.60. The number of aromatic nitrogens is 6. The molecule has 0 radical (unpaired) electrons. The van der Waals surface area contributed by atoms with Gasteiger partial charge in [0.05, 0.1) is 28.4 Å². The van der Waals surface area contributed by atoms with E-state index in [0.29, 0.717) is 5.82 Å². The van der Waals surface area contributed by atoms with Crippen molar-refractivity contribution in [2.24, 2.45) is 0 Å². The number of hydrogen-bond acceptors (Lipinski definition) is 5. The highest BCUT2D eigenvalue weighted by Crippen LogP contribution is 2.32. The quantitative estimate of drug-likeness (QED) is 0.247.